The van der Waals surface area contributed by atoms with Crippen LogP contribution in [0.15, 0.2) is 54.7 Å². The van der Waals surface area contributed by atoms with Gasteiger partial charge in [0.05, 0.1) is 12.7 Å². The number of aromatic nitrogens is 1. The van der Waals surface area contributed by atoms with Crippen molar-refractivity contribution in [2.24, 2.45) is 5.41 Å². The van der Waals surface area contributed by atoms with Crippen molar-refractivity contribution in [3.8, 4) is 0 Å². The first-order valence-electron chi connectivity index (χ1n) is 12.0. The highest BCUT2D eigenvalue weighted by atomic mass is 32.1. The average Bonchev–Trinajstić information content (AvgIpc) is 3.45. The molecule has 0 saturated carbocycles. The van der Waals surface area contributed by atoms with E-state index in [0.29, 0.717) is 0 Å². The van der Waals surface area contributed by atoms with Crippen molar-refractivity contribution < 1.29 is 9.13 Å². The van der Waals surface area contributed by atoms with E-state index < -0.39 is 0 Å². The molecule has 0 amide bonds. The van der Waals surface area contributed by atoms with E-state index in [2.05, 4.69) is 60.1 Å². The number of fused-ring (bicyclic) bond motifs is 1. The van der Waals surface area contributed by atoms with Crippen LogP contribution < -0.4 is 0 Å². The number of halogens is 1. The van der Waals surface area contributed by atoms with Crippen LogP contribution in [0.5, 0.6) is 0 Å². The second-order valence-electron chi connectivity index (χ2n) is 10.2. The van der Waals surface area contributed by atoms with Crippen molar-refractivity contribution >= 4 is 11.3 Å². The van der Waals surface area contributed by atoms with Crippen LogP contribution in [0.25, 0.3) is 0 Å². The van der Waals surface area contributed by atoms with Crippen molar-refractivity contribution in [1.29, 1.82) is 0 Å². The normalized spacial score (nSPS) is 23.6. The molecule has 0 aliphatic carbocycles. The highest BCUT2D eigenvalue weighted by molar-refractivity contribution is 7.10. The molecule has 1 aromatic carbocycles. The van der Waals surface area contributed by atoms with Gasteiger partial charge in [0.15, 0.2) is 5.13 Å². The molecule has 0 N–H and O–H groups in total. The number of thiophene rings is 1. The van der Waals surface area contributed by atoms with E-state index in [9.17, 15) is 4.39 Å². The molecule has 5 heteroatoms. The Kier molecular flexibility index (Phi) is 6.15. The summed E-state index contributed by atoms with van der Waals surface area (Å²) in [5, 5.41) is -0.0978. The number of nitrogens with zero attached hydrogens (tertiary/aromatic N) is 2. The van der Waals surface area contributed by atoms with E-state index in [1.54, 1.807) is 6.07 Å². The molecule has 2 aromatic heterocycles. The van der Waals surface area contributed by atoms with Gasteiger partial charge in [-0.1, -0.05) is 30.3 Å². The lowest BCUT2D eigenvalue weighted by atomic mass is 9.72. The Balaban J connectivity index is 1.47. The number of rotatable bonds is 6. The van der Waals surface area contributed by atoms with E-state index in [0.717, 1.165) is 56.0 Å². The van der Waals surface area contributed by atoms with E-state index in [1.807, 2.05) is 19.2 Å². The Labute approximate surface area is 200 Å². The third-order valence-corrected chi connectivity index (χ3v) is 8.78. The Hall–Kier alpha value is -2.08. The summed E-state index contributed by atoms with van der Waals surface area (Å²) in [5.41, 5.74) is 4.92. The Bertz CT molecular complexity index is 1110. The quantitative estimate of drug-likeness (QED) is 0.418. The van der Waals surface area contributed by atoms with E-state index >= 15 is 0 Å². The second-order valence-corrected chi connectivity index (χ2v) is 11.3. The number of aryl methyl sites for hydroxylation is 2. The van der Waals surface area contributed by atoms with Crippen molar-refractivity contribution in [2.45, 2.75) is 58.1 Å². The largest absolute Gasteiger partial charge is 0.373 e. The van der Waals surface area contributed by atoms with Crippen molar-refractivity contribution in [3.63, 3.8) is 0 Å². The zero-order valence-electron chi connectivity index (χ0n) is 19.8. The molecular weight excluding hydrogens is 431 g/mol. The molecule has 3 nitrogen and oxygen atoms in total. The van der Waals surface area contributed by atoms with Crippen molar-refractivity contribution in [1.82, 2.24) is 9.88 Å². The average molecular weight is 465 g/mol. The molecule has 33 heavy (non-hydrogen) atoms. The van der Waals surface area contributed by atoms with Crippen LogP contribution in [0, 0.1) is 17.5 Å². The summed E-state index contributed by atoms with van der Waals surface area (Å²) in [4.78, 5) is 8.29. The molecule has 0 radical (unpaired) electrons. The molecule has 5 rings (SSSR count). The van der Waals surface area contributed by atoms with Gasteiger partial charge in [-0.25, -0.2) is 0 Å². The molecule has 2 aliphatic heterocycles. The van der Waals surface area contributed by atoms with Gasteiger partial charge >= 0.3 is 0 Å². The minimum Gasteiger partial charge on any atom is -0.373 e. The fraction of sp³-hybridized carbons (Fsp3) is 0.464. The van der Waals surface area contributed by atoms with E-state index in [4.69, 9.17) is 4.74 Å². The highest BCUT2D eigenvalue weighted by Crippen LogP contribution is 2.52. The number of likely N-dealkylation sites (tertiary alicyclic amines) is 1. The lowest BCUT2D eigenvalue weighted by molar-refractivity contribution is -0.0561. The summed E-state index contributed by atoms with van der Waals surface area (Å²) in [5.74, 6) is 0. The third-order valence-electron chi connectivity index (χ3n) is 7.84. The first-order valence-corrected chi connectivity index (χ1v) is 12.8. The van der Waals surface area contributed by atoms with Crippen LogP contribution in [-0.4, -0.2) is 29.6 Å². The zero-order valence-corrected chi connectivity index (χ0v) is 20.6. The standard InChI is InChI=1S/C28H33FN2OS/c1-20-8-9-22(18-30-20)27(2,3)31-16-15-28(19-31,14-12-23-10-11-25(29)33-23)26-24-7-5-4-6-21(24)13-17-32-26/h4-11,18,26H,12-17,19H2,1-3H3/t26-,28-/m1/s1. The van der Waals surface area contributed by atoms with Crippen LogP contribution in [0.2, 0.25) is 0 Å². The molecular formula is C28H33FN2OS. The number of pyridine rings is 1. The van der Waals surface area contributed by atoms with Gasteiger partial charge in [-0.3, -0.25) is 9.88 Å². The Morgan fingerprint density at radius 2 is 2.03 bits per heavy atom. The number of benzene rings is 1. The van der Waals surface area contributed by atoms with Gasteiger partial charge in [0.2, 0.25) is 0 Å². The van der Waals surface area contributed by atoms with Gasteiger partial charge in [-0.05, 0) is 87.9 Å². The Morgan fingerprint density at radius 1 is 1.18 bits per heavy atom. The fourth-order valence-electron chi connectivity index (χ4n) is 5.69. The maximum atomic E-state index is 13.7. The summed E-state index contributed by atoms with van der Waals surface area (Å²) in [6, 6.07) is 16.6. The summed E-state index contributed by atoms with van der Waals surface area (Å²) in [6.07, 6.45) is 6.02. The first-order chi connectivity index (χ1) is 15.9. The van der Waals surface area contributed by atoms with Crippen LogP contribution in [-0.2, 0) is 23.1 Å². The predicted octanol–water partition coefficient (Wildman–Crippen LogP) is 6.46. The van der Waals surface area contributed by atoms with Gasteiger partial charge < -0.3 is 4.74 Å². The lowest BCUT2D eigenvalue weighted by Crippen LogP contribution is -2.43. The summed E-state index contributed by atoms with van der Waals surface area (Å²) < 4.78 is 20.2. The Morgan fingerprint density at radius 3 is 2.79 bits per heavy atom. The number of hydrogen-bond donors (Lipinski definition) is 0. The van der Waals surface area contributed by atoms with Crippen LogP contribution >= 0.6 is 11.3 Å². The SMILES string of the molecule is Cc1ccc(C(C)(C)N2CC[C@@](CCc3ccc(F)s3)([C@@H]3OCCc4ccccc43)C2)cn1. The van der Waals surface area contributed by atoms with Gasteiger partial charge in [0.1, 0.15) is 0 Å². The fourth-order valence-corrected chi connectivity index (χ4v) is 6.42. The van der Waals surface area contributed by atoms with Crippen molar-refractivity contribution in [2.75, 3.05) is 19.7 Å². The van der Waals surface area contributed by atoms with E-state index in [-0.39, 0.29) is 22.2 Å². The van der Waals surface area contributed by atoms with Gasteiger partial charge in [0.25, 0.3) is 0 Å². The molecule has 2 aliphatic rings. The highest BCUT2D eigenvalue weighted by Gasteiger charge is 2.50. The van der Waals surface area contributed by atoms with Gasteiger partial charge in [0, 0.05) is 34.3 Å². The molecule has 3 aromatic rings. The topological polar surface area (TPSA) is 25.4 Å². The van der Waals surface area contributed by atoms with Crippen LogP contribution in [0.3, 0.4) is 0 Å². The molecule has 1 saturated heterocycles. The van der Waals surface area contributed by atoms with Crippen LogP contribution in [0.1, 0.15) is 60.1 Å². The molecule has 1 fully saturated rings. The minimum atomic E-state index is -0.119. The summed E-state index contributed by atoms with van der Waals surface area (Å²) in [6.45, 7) is 9.38. The maximum absolute atomic E-state index is 13.7. The van der Waals surface area contributed by atoms with Crippen LogP contribution in [0.4, 0.5) is 4.39 Å². The molecule has 174 valence electrons. The number of ether oxygens (including phenoxy) is 1. The molecule has 0 bridgehead atoms. The van der Waals surface area contributed by atoms with E-state index in [1.165, 1.54) is 28.0 Å². The third kappa shape index (κ3) is 4.39. The first kappa shape index (κ1) is 22.7. The van der Waals surface area contributed by atoms with Crippen molar-refractivity contribution in [3.05, 3.63) is 87.1 Å². The minimum absolute atomic E-state index is 0.00755. The molecule has 2 atom stereocenters. The predicted molar refractivity (Wildman–Crippen MR) is 132 cm³/mol. The second kappa shape index (κ2) is 8.94. The maximum Gasteiger partial charge on any atom is 0.176 e. The molecule has 0 unspecified atom stereocenters. The monoisotopic (exact) mass is 464 g/mol. The summed E-state index contributed by atoms with van der Waals surface area (Å²) >= 11 is 1.28. The zero-order chi connectivity index (χ0) is 23.1. The molecule has 0 spiro atoms. The smallest absolute Gasteiger partial charge is 0.176 e. The number of hydrogen-bond acceptors (Lipinski definition) is 4. The lowest BCUT2D eigenvalue weighted by Gasteiger charge is -2.43. The molecule has 4 heterocycles. The summed E-state index contributed by atoms with van der Waals surface area (Å²) in [7, 11) is 0. The van der Waals surface area contributed by atoms with Gasteiger partial charge in [-0.2, -0.15) is 4.39 Å². The van der Waals surface area contributed by atoms with Gasteiger partial charge in [-0.15, -0.1) is 11.3 Å².